The highest BCUT2D eigenvalue weighted by molar-refractivity contribution is 5.85. The second kappa shape index (κ2) is 5.24. The highest BCUT2D eigenvalue weighted by Gasteiger charge is 2.16. The van der Waals surface area contributed by atoms with Gasteiger partial charge in [-0.05, 0) is 18.9 Å². The predicted octanol–water partition coefficient (Wildman–Crippen LogP) is 2.29. The Morgan fingerprint density at radius 1 is 1.47 bits per heavy atom. The minimum absolute atomic E-state index is 0. The number of methoxy groups -OCH3 is 1. The first-order valence-electron chi connectivity index (χ1n) is 4.87. The van der Waals surface area contributed by atoms with Crippen molar-refractivity contribution in [2.24, 2.45) is 5.73 Å². The molecule has 0 aliphatic carbocycles. The molecular weight excluding hydrogens is 214 g/mol. The Kier molecular flexibility index (Phi) is 4.24. The molecule has 1 atom stereocenters. The number of hydrogen-bond acceptors (Lipinski definition) is 3. The summed E-state index contributed by atoms with van der Waals surface area (Å²) >= 11 is 0. The van der Waals surface area contributed by atoms with E-state index in [1.165, 1.54) is 0 Å². The number of rotatable bonds is 1. The quantitative estimate of drug-likeness (QED) is 0.804. The van der Waals surface area contributed by atoms with Gasteiger partial charge in [-0.1, -0.05) is 6.07 Å². The van der Waals surface area contributed by atoms with Gasteiger partial charge in [0.25, 0.3) is 0 Å². The number of ether oxygens (including phenoxy) is 2. The second-order valence-corrected chi connectivity index (χ2v) is 3.50. The van der Waals surface area contributed by atoms with Crippen molar-refractivity contribution >= 4 is 12.4 Å². The maximum atomic E-state index is 6.02. The lowest BCUT2D eigenvalue weighted by Gasteiger charge is -2.12. The van der Waals surface area contributed by atoms with Crippen LogP contribution in [-0.2, 0) is 0 Å². The van der Waals surface area contributed by atoms with E-state index in [-0.39, 0.29) is 18.4 Å². The molecule has 84 valence electrons. The van der Waals surface area contributed by atoms with Crippen molar-refractivity contribution in [3.05, 3.63) is 23.8 Å². The van der Waals surface area contributed by atoms with Crippen molar-refractivity contribution in [3.63, 3.8) is 0 Å². The average Bonchev–Trinajstić information content (AvgIpc) is 2.40. The lowest BCUT2D eigenvalue weighted by molar-refractivity contribution is 0.313. The van der Waals surface area contributed by atoms with Gasteiger partial charge in [-0.2, -0.15) is 0 Å². The molecule has 3 nitrogen and oxygen atoms in total. The van der Waals surface area contributed by atoms with Crippen LogP contribution in [0.15, 0.2) is 18.2 Å². The number of fused-ring (bicyclic) bond motifs is 1. The Labute approximate surface area is 96.0 Å². The minimum atomic E-state index is 0. The van der Waals surface area contributed by atoms with Gasteiger partial charge >= 0.3 is 0 Å². The Morgan fingerprint density at radius 2 is 2.27 bits per heavy atom. The standard InChI is InChI=1S/C11H15NO2.ClH/c1-13-8-4-5-9-10(12)3-2-6-14-11(9)7-8;/h4-5,7,10H,2-3,6,12H2,1H3;1H. The minimum Gasteiger partial charge on any atom is -0.497 e. The van der Waals surface area contributed by atoms with E-state index in [0.29, 0.717) is 0 Å². The second-order valence-electron chi connectivity index (χ2n) is 3.50. The molecule has 1 unspecified atom stereocenters. The molecule has 1 aliphatic rings. The van der Waals surface area contributed by atoms with E-state index < -0.39 is 0 Å². The Bertz CT molecular complexity index is 330. The molecular formula is C11H16ClNO2. The third kappa shape index (κ3) is 2.55. The van der Waals surface area contributed by atoms with Gasteiger partial charge in [-0.25, -0.2) is 0 Å². The summed E-state index contributed by atoms with van der Waals surface area (Å²) in [4.78, 5) is 0. The van der Waals surface area contributed by atoms with Crippen molar-refractivity contribution in [2.45, 2.75) is 18.9 Å². The lowest BCUT2D eigenvalue weighted by atomic mass is 10.0. The molecule has 0 saturated carbocycles. The van der Waals surface area contributed by atoms with Crippen LogP contribution in [0.4, 0.5) is 0 Å². The van der Waals surface area contributed by atoms with Gasteiger partial charge in [0, 0.05) is 17.7 Å². The molecule has 0 amide bonds. The molecule has 0 spiro atoms. The molecule has 2 rings (SSSR count). The number of halogens is 1. The van der Waals surface area contributed by atoms with Crippen LogP contribution in [0.1, 0.15) is 24.4 Å². The summed E-state index contributed by atoms with van der Waals surface area (Å²) < 4.78 is 10.7. The van der Waals surface area contributed by atoms with E-state index in [2.05, 4.69) is 0 Å². The van der Waals surface area contributed by atoms with Crippen molar-refractivity contribution in [1.29, 1.82) is 0 Å². The van der Waals surface area contributed by atoms with Crippen LogP contribution in [0.3, 0.4) is 0 Å². The van der Waals surface area contributed by atoms with Gasteiger partial charge in [-0.3, -0.25) is 0 Å². The van der Waals surface area contributed by atoms with E-state index >= 15 is 0 Å². The number of nitrogens with two attached hydrogens (primary N) is 1. The number of benzene rings is 1. The summed E-state index contributed by atoms with van der Waals surface area (Å²) in [6, 6.07) is 5.91. The van der Waals surface area contributed by atoms with Crippen molar-refractivity contribution in [3.8, 4) is 11.5 Å². The lowest BCUT2D eigenvalue weighted by Crippen LogP contribution is -2.08. The Hall–Kier alpha value is -0.930. The van der Waals surface area contributed by atoms with E-state index in [1.807, 2.05) is 18.2 Å². The molecule has 1 aromatic rings. The van der Waals surface area contributed by atoms with Gasteiger partial charge < -0.3 is 15.2 Å². The normalized spacial score (nSPS) is 19.2. The summed E-state index contributed by atoms with van der Waals surface area (Å²) in [6.07, 6.45) is 2.00. The zero-order chi connectivity index (χ0) is 9.97. The molecule has 0 bridgehead atoms. The maximum Gasteiger partial charge on any atom is 0.127 e. The smallest absolute Gasteiger partial charge is 0.127 e. The summed E-state index contributed by atoms with van der Waals surface area (Å²) in [5, 5.41) is 0. The van der Waals surface area contributed by atoms with Crippen LogP contribution in [0, 0.1) is 0 Å². The van der Waals surface area contributed by atoms with Gasteiger partial charge in [-0.15, -0.1) is 12.4 Å². The van der Waals surface area contributed by atoms with Gasteiger partial charge in [0.15, 0.2) is 0 Å². The van der Waals surface area contributed by atoms with Crippen molar-refractivity contribution in [1.82, 2.24) is 0 Å². The highest BCUT2D eigenvalue weighted by Crippen LogP contribution is 2.32. The van der Waals surface area contributed by atoms with Crippen molar-refractivity contribution in [2.75, 3.05) is 13.7 Å². The van der Waals surface area contributed by atoms with Crippen LogP contribution < -0.4 is 15.2 Å². The van der Waals surface area contributed by atoms with Crippen LogP contribution in [0.5, 0.6) is 11.5 Å². The fourth-order valence-corrected chi connectivity index (χ4v) is 1.71. The topological polar surface area (TPSA) is 44.5 Å². The average molecular weight is 230 g/mol. The predicted molar refractivity (Wildman–Crippen MR) is 61.9 cm³/mol. The van der Waals surface area contributed by atoms with Crippen LogP contribution in [0.25, 0.3) is 0 Å². The third-order valence-corrected chi connectivity index (χ3v) is 2.54. The molecule has 4 heteroatoms. The summed E-state index contributed by atoms with van der Waals surface area (Å²) in [5.41, 5.74) is 7.10. The van der Waals surface area contributed by atoms with Gasteiger partial charge in [0.05, 0.1) is 13.7 Å². The van der Waals surface area contributed by atoms with E-state index in [0.717, 1.165) is 36.5 Å². The molecule has 1 aromatic carbocycles. The maximum absolute atomic E-state index is 6.02. The van der Waals surface area contributed by atoms with E-state index in [9.17, 15) is 0 Å². The van der Waals surface area contributed by atoms with Crippen LogP contribution in [0.2, 0.25) is 0 Å². The Balaban J connectivity index is 0.00000112. The molecule has 0 aromatic heterocycles. The fourth-order valence-electron chi connectivity index (χ4n) is 1.71. The number of hydrogen-bond donors (Lipinski definition) is 1. The molecule has 15 heavy (non-hydrogen) atoms. The summed E-state index contributed by atoms with van der Waals surface area (Å²) in [6.45, 7) is 0.744. The first-order chi connectivity index (χ1) is 6.81. The first-order valence-corrected chi connectivity index (χ1v) is 4.87. The monoisotopic (exact) mass is 229 g/mol. The van der Waals surface area contributed by atoms with E-state index in [4.69, 9.17) is 15.2 Å². The highest BCUT2D eigenvalue weighted by atomic mass is 35.5. The zero-order valence-electron chi connectivity index (χ0n) is 8.73. The molecule has 1 heterocycles. The first kappa shape index (κ1) is 12.1. The van der Waals surface area contributed by atoms with Crippen molar-refractivity contribution < 1.29 is 9.47 Å². The molecule has 0 fully saturated rings. The molecule has 1 aliphatic heterocycles. The third-order valence-electron chi connectivity index (χ3n) is 2.54. The van der Waals surface area contributed by atoms with E-state index in [1.54, 1.807) is 7.11 Å². The largest absolute Gasteiger partial charge is 0.497 e. The summed E-state index contributed by atoms with van der Waals surface area (Å²) in [7, 11) is 1.65. The summed E-state index contributed by atoms with van der Waals surface area (Å²) in [5.74, 6) is 1.69. The zero-order valence-corrected chi connectivity index (χ0v) is 9.55. The van der Waals surface area contributed by atoms with Gasteiger partial charge in [0.1, 0.15) is 11.5 Å². The van der Waals surface area contributed by atoms with Crippen LogP contribution >= 0.6 is 12.4 Å². The van der Waals surface area contributed by atoms with Gasteiger partial charge in [0.2, 0.25) is 0 Å². The molecule has 2 N–H and O–H groups in total. The Morgan fingerprint density at radius 3 is 3.00 bits per heavy atom. The molecule has 0 radical (unpaired) electrons. The molecule has 0 saturated heterocycles. The fraction of sp³-hybridized carbons (Fsp3) is 0.455. The van der Waals surface area contributed by atoms with Crippen LogP contribution in [-0.4, -0.2) is 13.7 Å². The SMILES string of the molecule is COc1ccc2c(c1)OCCCC2N.Cl.